The number of nitrogens with zero attached hydrogens (tertiary/aromatic N) is 2. The summed E-state index contributed by atoms with van der Waals surface area (Å²) in [6.07, 6.45) is 0.891. The minimum Gasteiger partial charge on any atom is -0.379 e. The van der Waals surface area contributed by atoms with Crippen LogP contribution in [0.1, 0.15) is 18.0 Å². The fraction of sp³-hybridized carbons (Fsp3) is 0.533. The van der Waals surface area contributed by atoms with E-state index in [1.165, 1.54) is 6.07 Å². The number of halogens is 2. The Bertz CT molecular complexity index is 498. The molecule has 4 nitrogen and oxygen atoms in total. The predicted molar refractivity (Wildman–Crippen MR) is 74.6 cm³/mol. The molecule has 1 aromatic rings. The molecule has 0 aromatic heterocycles. The van der Waals surface area contributed by atoms with E-state index in [1.807, 2.05) is 0 Å². The second-order valence-corrected chi connectivity index (χ2v) is 5.00. The standard InChI is InChI=1S/C15H19F2N3O/c16-13-3-2-12(10-14(13)17)15(11-18)19-4-1-5-20-6-8-21-9-7-20/h2-3,10,15,19H,1,4-9H2. The zero-order chi connectivity index (χ0) is 15.1. The van der Waals surface area contributed by atoms with Crippen molar-refractivity contribution in [2.45, 2.75) is 12.5 Å². The van der Waals surface area contributed by atoms with Gasteiger partial charge in [0.1, 0.15) is 6.04 Å². The van der Waals surface area contributed by atoms with Gasteiger partial charge in [0.2, 0.25) is 0 Å². The summed E-state index contributed by atoms with van der Waals surface area (Å²) in [6, 6.07) is 4.99. The summed E-state index contributed by atoms with van der Waals surface area (Å²) in [5, 5.41) is 12.2. The molecule has 1 atom stereocenters. The summed E-state index contributed by atoms with van der Waals surface area (Å²) < 4.78 is 31.3. The Morgan fingerprint density at radius 3 is 2.71 bits per heavy atom. The highest BCUT2D eigenvalue weighted by Crippen LogP contribution is 2.15. The number of nitriles is 1. The van der Waals surface area contributed by atoms with Gasteiger partial charge in [0.15, 0.2) is 11.6 Å². The molecule has 6 heteroatoms. The smallest absolute Gasteiger partial charge is 0.159 e. The molecule has 114 valence electrons. The summed E-state index contributed by atoms with van der Waals surface area (Å²) in [5.74, 6) is -1.83. The Balaban J connectivity index is 1.77. The quantitative estimate of drug-likeness (QED) is 0.814. The van der Waals surface area contributed by atoms with E-state index in [0.29, 0.717) is 12.1 Å². The molecular weight excluding hydrogens is 276 g/mol. The van der Waals surface area contributed by atoms with Crippen LogP contribution in [-0.4, -0.2) is 44.3 Å². The Morgan fingerprint density at radius 2 is 2.05 bits per heavy atom. The van der Waals surface area contributed by atoms with Crippen LogP contribution in [0.3, 0.4) is 0 Å². The van der Waals surface area contributed by atoms with Crippen molar-refractivity contribution in [1.82, 2.24) is 10.2 Å². The predicted octanol–water partition coefficient (Wildman–Crippen LogP) is 1.84. The molecule has 0 spiro atoms. The van der Waals surface area contributed by atoms with Crippen LogP contribution in [0.15, 0.2) is 18.2 Å². The third-order valence-corrected chi connectivity index (χ3v) is 3.51. The van der Waals surface area contributed by atoms with E-state index in [0.717, 1.165) is 51.4 Å². The van der Waals surface area contributed by atoms with Crippen LogP contribution in [-0.2, 0) is 4.74 Å². The van der Waals surface area contributed by atoms with Crippen molar-refractivity contribution in [2.75, 3.05) is 39.4 Å². The highest BCUT2D eigenvalue weighted by Gasteiger charge is 2.13. The Morgan fingerprint density at radius 1 is 1.29 bits per heavy atom. The van der Waals surface area contributed by atoms with Crippen LogP contribution in [0.4, 0.5) is 8.78 Å². The van der Waals surface area contributed by atoms with Crippen molar-refractivity contribution in [3.8, 4) is 6.07 Å². The van der Waals surface area contributed by atoms with Gasteiger partial charge in [-0.15, -0.1) is 0 Å². The summed E-state index contributed by atoms with van der Waals surface area (Å²) in [4.78, 5) is 2.31. The van der Waals surface area contributed by atoms with Crippen molar-refractivity contribution in [2.24, 2.45) is 0 Å². The van der Waals surface area contributed by atoms with Gasteiger partial charge in [0.25, 0.3) is 0 Å². The van der Waals surface area contributed by atoms with Crippen LogP contribution in [0.2, 0.25) is 0 Å². The van der Waals surface area contributed by atoms with Crippen LogP contribution < -0.4 is 5.32 Å². The van der Waals surface area contributed by atoms with Gasteiger partial charge in [-0.2, -0.15) is 5.26 Å². The lowest BCUT2D eigenvalue weighted by Crippen LogP contribution is -2.37. The first kappa shape index (κ1) is 15.8. The van der Waals surface area contributed by atoms with Gasteiger partial charge in [-0.05, 0) is 37.2 Å². The zero-order valence-corrected chi connectivity index (χ0v) is 11.8. The second-order valence-electron chi connectivity index (χ2n) is 5.00. The lowest BCUT2D eigenvalue weighted by atomic mass is 10.1. The maximum absolute atomic E-state index is 13.2. The minimum atomic E-state index is -0.928. The number of hydrogen-bond acceptors (Lipinski definition) is 4. The SMILES string of the molecule is N#CC(NCCCN1CCOCC1)c1ccc(F)c(F)c1. The van der Waals surface area contributed by atoms with Gasteiger partial charge in [-0.25, -0.2) is 8.78 Å². The van der Waals surface area contributed by atoms with Gasteiger partial charge in [-0.1, -0.05) is 6.07 Å². The number of ether oxygens (including phenoxy) is 1. The molecule has 0 radical (unpaired) electrons. The largest absolute Gasteiger partial charge is 0.379 e. The molecule has 0 saturated carbocycles. The van der Waals surface area contributed by atoms with E-state index in [9.17, 15) is 8.78 Å². The first-order valence-corrected chi connectivity index (χ1v) is 7.09. The second kappa shape index (κ2) is 8.03. The van der Waals surface area contributed by atoms with Crippen LogP contribution in [0.25, 0.3) is 0 Å². The highest BCUT2D eigenvalue weighted by atomic mass is 19.2. The van der Waals surface area contributed by atoms with Crippen LogP contribution >= 0.6 is 0 Å². The number of hydrogen-bond donors (Lipinski definition) is 1. The highest BCUT2D eigenvalue weighted by molar-refractivity contribution is 5.25. The van der Waals surface area contributed by atoms with E-state index in [2.05, 4.69) is 16.3 Å². The number of nitrogens with one attached hydrogen (secondary N) is 1. The lowest BCUT2D eigenvalue weighted by Gasteiger charge is -2.26. The van der Waals surface area contributed by atoms with E-state index < -0.39 is 17.7 Å². The topological polar surface area (TPSA) is 48.3 Å². The van der Waals surface area contributed by atoms with Crippen LogP contribution in [0.5, 0.6) is 0 Å². The third-order valence-electron chi connectivity index (χ3n) is 3.51. The first-order valence-electron chi connectivity index (χ1n) is 7.09. The molecule has 1 aliphatic rings. The molecule has 0 bridgehead atoms. The molecule has 0 amide bonds. The number of morpholine rings is 1. The summed E-state index contributed by atoms with van der Waals surface area (Å²) in [5.41, 5.74) is 0.447. The molecule has 1 saturated heterocycles. The maximum atomic E-state index is 13.2. The molecule has 0 aliphatic carbocycles. The molecule has 1 fully saturated rings. The minimum absolute atomic E-state index is 0.447. The summed E-state index contributed by atoms with van der Waals surface area (Å²) in [6.45, 7) is 4.99. The molecule has 1 heterocycles. The van der Waals surface area contributed by atoms with Gasteiger partial charge < -0.3 is 4.74 Å². The average Bonchev–Trinajstić information content (AvgIpc) is 2.51. The third kappa shape index (κ3) is 4.74. The fourth-order valence-electron chi connectivity index (χ4n) is 2.30. The van der Waals surface area contributed by atoms with Gasteiger partial charge in [0.05, 0.1) is 19.3 Å². The molecule has 1 N–H and O–H groups in total. The summed E-state index contributed by atoms with van der Waals surface area (Å²) >= 11 is 0. The number of benzene rings is 1. The average molecular weight is 295 g/mol. The van der Waals surface area contributed by atoms with Crippen LogP contribution in [0, 0.1) is 23.0 Å². The number of rotatable bonds is 6. The van der Waals surface area contributed by atoms with E-state index in [1.54, 1.807) is 0 Å². The molecule has 2 rings (SSSR count). The van der Waals surface area contributed by atoms with Gasteiger partial charge in [-0.3, -0.25) is 10.2 Å². The summed E-state index contributed by atoms with van der Waals surface area (Å²) in [7, 11) is 0. The molecule has 1 unspecified atom stereocenters. The van der Waals surface area contributed by atoms with Crippen molar-refractivity contribution < 1.29 is 13.5 Å². The Labute approximate surface area is 123 Å². The molecule has 1 aromatic carbocycles. The van der Waals surface area contributed by atoms with Crippen molar-refractivity contribution >= 4 is 0 Å². The van der Waals surface area contributed by atoms with Gasteiger partial charge in [0, 0.05) is 13.1 Å². The first-order chi connectivity index (χ1) is 10.2. The zero-order valence-electron chi connectivity index (χ0n) is 11.8. The van der Waals surface area contributed by atoms with Crippen molar-refractivity contribution in [3.05, 3.63) is 35.4 Å². The Hall–Kier alpha value is -1.55. The van der Waals surface area contributed by atoms with E-state index in [-0.39, 0.29) is 0 Å². The fourth-order valence-corrected chi connectivity index (χ4v) is 2.30. The maximum Gasteiger partial charge on any atom is 0.159 e. The molecule has 21 heavy (non-hydrogen) atoms. The molecule has 1 aliphatic heterocycles. The van der Waals surface area contributed by atoms with E-state index in [4.69, 9.17) is 10.00 Å². The van der Waals surface area contributed by atoms with Crippen molar-refractivity contribution in [1.29, 1.82) is 5.26 Å². The Kier molecular flexibility index (Phi) is 6.05. The van der Waals surface area contributed by atoms with Crippen molar-refractivity contribution in [3.63, 3.8) is 0 Å². The monoisotopic (exact) mass is 295 g/mol. The molecular formula is C15H19F2N3O. The lowest BCUT2D eigenvalue weighted by molar-refractivity contribution is 0.0374. The van der Waals surface area contributed by atoms with Gasteiger partial charge >= 0.3 is 0 Å². The van der Waals surface area contributed by atoms with E-state index >= 15 is 0 Å². The normalized spacial score (nSPS) is 17.4.